The fourth-order valence-corrected chi connectivity index (χ4v) is 1.18. The zero-order valence-corrected chi connectivity index (χ0v) is 11.4. The van der Waals surface area contributed by atoms with Crippen LogP contribution in [-0.4, -0.2) is 22.6 Å². The Morgan fingerprint density at radius 1 is 1.41 bits per heavy atom. The first kappa shape index (κ1) is 13.7. The summed E-state index contributed by atoms with van der Waals surface area (Å²) in [7, 11) is 0. The van der Waals surface area contributed by atoms with E-state index in [9.17, 15) is 0 Å². The Balaban J connectivity index is 2.60. The van der Waals surface area contributed by atoms with Crippen molar-refractivity contribution in [2.24, 2.45) is 5.41 Å². The monoisotopic (exact) mass is 237 g/mol. The highest BCUT2D eigenvalue weighted by Gasteiger charge is 2.15. The summed E-state index contributed by atoms with van der Waals surface area (Å²) in [4.78, 5) is 8.49. The quantitative estimate of drug-likeness (QED) is 0.825. The predicted octanol–water partition coefficient (Wildman–Crippen LogP) is 3.11. The number of nitrogens with zero attached hydrogens (tertiary/aromatic N) is 2. The summed E-state index contributed by atoms with van der Waals surface area (Å²) in [6.45, 7) is 11.4. The Kier molecular flexibility index (Phi) is 4.73. The number of hydrogen-bond donors (Lipinski definition) is 1. The van der Waals surface area contributed by atoms with Gasteiger partial charge in [0, 0.05) is 18.8 Å². The van der Waals surface area contributed by atoms with Crippen molar-refractivity contribution in [3.05, 3.63) is 12.3 Å². The molecule has 1 rings (SSSR count). The summed E-state index contributed by atoms with van der Waals surface area (Å²) in [5.74, 6) is 1.25. The summed E-state index contributed by atoms with van der Waals surface area (Å²) in [6.07, 6.45) is 2.96. The van der Waals surface area contributed by atoms with Crippen molar-refractivity contribution in [3.63, 3.8) is 0 Å². The van der Waals surface area contributed by atoms with Gasteiger partial charge in [0.15, 0.2) is 0 Å². The fourth-order valence-electron chi connectivity index (χ4n) is 1.18. The predicted molar refractivity (Wildman–Crippen MR) is 70.4 cm³/mol. The summed E-state index contributed by atoms with van der Waals surface area (Å²) in [5.41, 5.74) is 0.248. The molecule has 1 heterocycles. The van der Waals surface area contributed by atoms with Crippen molar-refractivity contribution in [3.8, 4) is 5.88 Å². The fraction of sp³-hybridized carbons (Fsp3) is 0.692. The highest BCUT2D eigenvalue weighted by atomic mass is 16.5. The molecule has 0 unspecified atom stereocenters. The van der Waals surface area contributed by atoms with Crippen LogP contribution in [-0.2, 0) is 0 Å². The molecule has 0 fully saturated rings. The SMILES string of the molecule is CCC(C)(C)CNc1nccc(OC(C)C)n1. The van der Waals surface area contributed by atoms with Gasteiger partial charge in [0.2, 0.25) is 11.8 Å². The third-order valence-corrected chi connectivity index (χ3v) is 2.67. The Labute approximate surface area is 104 Å². The van der Waals surface area contributed by atoms with Gasteiger partial charge in [-0.1, -0.05) is 20.8 Å². The number of ether oxygens (including phenoxy) is 1. The molecule has 1 N–H and O–H groups in total. The van der Waals surface area contributed by atoms with E-state index < -0.39 is 0 Å². The Bertz CT molecular complexity index is 350. The normalized spacial score (nSPS) is 11.6. The van der Waals surface area contributed by atoms with Crippen LogP contribution in [0.4, 0.5) is 5.95 Å². The second-order valence-electron chi connectivity index (χ2n) is 5.26. The number of aromatic nitrogens is 2. The molecule has 4 heteroatoms. The van der Waals surface area contributed by atoms with E-state index in [4.69, 9.17) is 4.74 Å². The lowest BCUT2D eigenvalue weighted by Crippen LogP contribution is -2.23. The molecule has 0 aliphatic rings. The Hall–Kier alpha value is -1.32. The van der Waals surface area contributed by atoms with E-state index in [1.165, 1.54) is 0 Å². The van der Waals surface area contributed by atoms with E-state index >= 15 is 0 Å². The van der Waals surface area contributed by atoms with E-state index in [0.29, 0.717) is 11.8 Å². The van der Waals surface area contributed by atoms with Gasteiger partial charge in [0.25, 0.3) is 0 Å². The average molecular weight is 237 g/mol. The first-order chi connectivity index (χ1) is 7.93. The topological polar surface area (TPSA) is 47.0 Å². The van der Waals surface area contributed by atoms with E-state index in [1.54, 1.807) is 12.3 Å². The number of hydrogen-bond acceptors (Lipinski definition) is 4. The average Bonchev–Trinajstić information content (AvgIpc) is 2.26. The summed E-state index contributed by atoms with van der Waals surface area (Å²) in [6, 6.07) is 1.77. The number of anilines is 1. The second kappa shape index (κ2) is 5.84. The maximum atomic E-state index is 5.52. The highest BCUT2D eigenvalue weighted by Crippen LogP contribution is 2.20. The maximum absolute atomic E-state index is 5.52. The zero-order valence-electron chi connectivity index (χ0n) is 11.4. The zero-order chi connectivity index (χ0) is 12.9. The molecule has 0 aliphatic heterocycles. The molecular formula is C13H23N3O. The van der Waals surface area contributed by atoms with Crippen LogP contribution in [0.2, 0.25) is 0 Å². The van der Waals surface area contributed by atoms with Crippen LogP contribution in [0, 0.1) is 5.41 Å². The van der Waals surface area contributed by atoms with Gasteiger partial charge in [0.1, 0.15) is 0 Å². The summed E-state index contributed by atoms with van der Waals surface area (Å²) < 4.78 is 5.52. The lowest BCUT2D eigenvalue weighted by atomic mass is 9.90. The van der Waals surface area contributed by atoms with Gasteiger partial charge in [-0.25, -0.2) is 4.98 Å². The minimum absolute atomic E-state index is 0.129. The first-order valence-corrected chi connectivity index (χ1v) is 6.16. The molecule has 0 saturated carbocycles. The third-order valence-electron chi connectivity index (χ3n) is 2.67. The molecule has 0 radical (unpaired) electrons. The summed E-state index contributed by atoms with van der Waals surface area (Å²) in [5, 5.41) is 3.25. The van der Waals surface area contributed by atoms with Crippen molar-refractivity contribution >= 4 is 5.95 Å². The van der Waals surface area contributed by atoms with Crippen molar-refractivity contribution in [1.82, 2.24) is 9.97 Å². The van der Waals surface area contributed by atoms with Crippen LogP contribution >= 0.6 is 0 Å². The van der Waals surface area contributed by atoms with E-state index in [0.717, 1.165) is 13.0 Å². The van der Waals surface area contributed by atoms with Gasteiger partial charge in [-0.15, -0.1) is 0 Å². The van der Waals surface area contributed by atoms with Crippen LogP contribution in [0.5, 0.6) is 5.88 Å². The van der Waals surface area contributed by atoms with Gasteiger partial charge in [-0.05, 0) is 25.7 Å². The lowest BCUT2D eigenvalue weighted by molar-refractivity contribution is 0.232. The molecule has 0 atom stereocenters. The molecule has 1 aromatic rings. The third kappa shape index (κ3) is 5.02. The molecule has 4 nitrogen and oxygen atoms in total. The highest BCUT2D eigenvalue weighted by molar-refractivity contribution is 5.27. The maximum Gasteiger partial charge on any atom is 0.225 e. The Morgan fingerprint density at radius 2 is 2.12 bits per heavy atom. The molecule has 1 aromatic heterocycles. The largest absolute Gasteiger partial charge is 0.475 e. The minimum atomic E-state index is 0.129. The van der Waals surface area contributed by atoms with Gasteiger partial charge in [-0.3, -0.25) is 0 Å². The molecular weight excluding hydrogens is 214 g/mol. The molecule has 0 aromatic carbocycles. The minimum Gasteiger partial charge on any atom is -0.475 e. The summed E-state index contributed by atoms with van der Waals surface area (Å²) >= 11 is 0. The molecule has 17 heavy (non-hydrogen) atoms. The molecule has 0 aliphatic carbocycles. The van der Waals surface area contributed by atoms with Crippen LogP contribution in [0.1, 0.15) is 41.0 Å². The standard InChI is InChI=1S/C13H23N3O/c1-6-13(4,5)9-15-12-14-8-7-11(16-12)17-10(2)3/h7-8,10H,6,9H2,1-5H3,(H,14,15,16). The van der Waals surface area contributed by atoms with Crippen LogP contribution in [0.3, 0.4) is 0 Å². The van der Waals surface area contributed by atoms with Crippen molar-refractivity contribution < 1.29 is 4.74 Å². The molecule has 0 bridgehead atoms. The van der Waals surface area contributed by atoms with Gasteiger partial charge in [0.05, 0.1) is 6.10 Å². The van der Waals surface area contributed by atoms with Gasteiger partial charge >= 0.3 is 0 Å². The second-order valence-corrected chi connectivity index (χ2v) is 5.26. The smallest absolute Gasteiger partial charge is 0.225 e. The first-order valence-electron chi connectivity index (χ1n) is 6.16. The number of rotatable bonds is 6. The number of nitrogens with one attached hydrogen (secondary N) is 1. The van der Waals surface area contributed by atoms with Gasteiger partial charge < -0.3 is 10.1 Å². The van der Waals surface area contributed by atoms with E-state index in [2.05, 4.69) is 36.1 Å². The molecule has 96 valence electrons. The molecule has 0 spiro atoms. The van der Waals surface area contributed by atoms with E-state index in [1.807, 2.05) is 13.8 Å². The van der Waals surface area contributed by atoms with Crippen molar-refractivity contribution in [2.45, 2.75) is 47.1 Å². The van der Waals surface area contributed by atoms with Crippen LogP contribution < -0.4 is 10.1 Å². The van der Waals surface area contributed by atoms with Gasteiger partial charge in [-0.2, -0.15) is 4.98 Å². The lowest BCUT2D eigenvalue weighted by Gasteiger charge is -2.22. The van der Waals surface area contributed by atoms with Crippen LogP contribution in [0.25, 0.3) is 0 Å². The Morgan fingerprint density at radius 3 is 2.71 bits per heavy atom. The van der Waals surface area contributed by atoms with Crippen molar-refractivity contribution in [1.29, 1.82) is 0 Å². The van der Waals surface area contributed by atoms with Crippen LogP contribution in [0.15, 0.2) is 12.3 Å². The molecule has 0 amide bonds. The molecule has 0 saturated heterocycles. The van der Waals surface area contributed by atoms with Crippen molar-refractivity contribution in [2.75, 3.05) is 11.9 Å². The van der Waals surface area contributed by atoms with E-state index in [-0.39, 0.29) is 11.5 Å².